The molecule has 0 fully saturated rings. The Balaban J connectivity index is 1.60. The zero-order valence-corrected chi connectivity index (χ0v) is 14.6. The molecule has 6 nitrogen and oxygen atoms in total. The van der Waals surface area contributed by atoms with Gasteiger partial charge in [0.15, 0.2) is 0 Å². The van der Waals surface area contributed by atoms with E-state index < -0.39 is 0 Å². The number of fused-ring (bicyclic) bond motifs is 2. The number of H-pyrrole nitrogens is 1. The van der Waals surface area contributed by atoms with Gasteiger partial charge in [-0.2, -0.15) is 5.10 Å². The van der Waals surface area contributed by atoms with Gasteiger partial charge in [0, 0.05) is 54.1 Å². The number of benzene rings is 1. The van der Waals surface area contributed by atoms with Gasteiger partial charge in [-0.05, 0) is 24.3 Å². The number of nitrogens with zero attached hydrogens (tertiary/aromatic N) is 4. The molecular formula is C21H17N5O. The molecule has 0 spiro atoms. The third-order valence-corrected chi connectivity index (χ3v) is 5.01. The summed E-state index contributed by atoms with van der Waals surface area (Å²) >= 11 is 0. The van der Waals surface area contributed by atoms with Gasteiger partial charge < -0.3 is 4.90 Å². The Morgan fingerprint density at radius 1 is 1.11 bits per heavy atom. The van der Waals surface area contributed by atoms with Gasteiger partial charge in [0.25, 0.3) is 5.91 Å². The van der Waals surface area contributed by atoms with E-state index in [1.165, 1.54) is 0 Å². The maximum Gasteiger partial charge on any atom is 0.254 e. The van der Waals surface area contributed by atoms with Crippen molar-refractivity contribution < 1.29 is 4.79 Å². The van der Waals surface area contributed by atoms with Gasteiger partial charge in [0.2, 0.25) is 0 Å². The summed E-state index contributed by atoms with van der Waals surface area (Å²) in [5.74, 6) is 0.0238. The van der Waals surface area contributed by atoms with Crippen LogP contribution in [-0.2, 0) is 13.0 Å². The molecule has 3 aromatic heterocycles. The SMILES string of the molecule is O=C(c1cc(-c2ccncc2)nc2ccccc12)N1CCc2[nH]ncc2C1. The highest BCUT2D eigenvalue weighted by Gasteiger charge is 2.25. The molecule has 27 heavy (non-hydrogen) atoms. The van der Waals surface area contributed by atoms with Gasteiger partial charge in [-0.1, -0.05) is 18.2 Å². The van der Waals surface area contributed by atoms with Gasteiger partial charge >= 0.3 is 0 Å². The molecule has 132 valence electrons. The Hall–Kier alpha value is -3.54. The van der Waals surface area contributed by atoms with Gasteiger partial charge in [-0.3, -0.25) is 14.9 Å². The number of amides is 1. The van der Waals surface area contributed by atoms with Crippen LogP contribution in [0.4, 0.5) is 0 Å². The van der Waals surface area contributed by atoms with Crippen LogP contribution in [-0.4, -0.2) is 37.5 Å². The normalized spacial score (nSPS) is 13.6. The van der Waals surface area contributed by atoms with Crippen LogP contribution in [0.5, 0.6) is 0 Å². The van der Waals surface area contributed by atoms with E-state index in [0.29, 0.717) is 18.7 Å². The Morgan fingerprint density at radius 2 is 1.96 bits per heavy atom. The highest BCUT2D eigenvalue weighted by atomic mass is 16.2. The molecule has 1 aliphatic heterocycles. The number of pyridine rings is 2. The number of hydrogen-bond acceptors (Lipinski definition) is 4. The van der Waals surface area contributed by atoms with Crippen LogP contribution >= 0.6 is 0 Å². The third-order valence-electron chi connectivity index (χ3n) is 5.01. The van der Waals surface area contributed by atoms with Crippen LogP contribution < -0.4 is 0 Å². The van der Waals surface area contributed by atoms with Gasteiger partial charge in [0.05, 0.1) is 23.0 Å². The minimum Gasteiger partial charge on any atom is -0.334 e. The fourth-order valence-corrected chi connectivity index (χ4v) is 3.59. The van der Waals surface area contributed by atoms with Crippen LogP contribution in [0.25, 0.3) is 22.2 Å². The van der Waals surface area contributed by atoms with E-state index in [4.69, 9.17) is 4.98 Å². The van der Waals surface area contributed by atoms with Gasteiger partial charge in [-0.15, -0.1) is 0 Å². The lowest BCUT2D eigenvalue weighted by molar-refractivity contribution is 0.0736. The highest BCUT2D eigenvalue weighted by Crippen LogP contribution is 2.27. The van der Waals surface area contributed by atoms with Crippen molar-refractivity contribution in [2.75, 3.05) is 6.54 Å². The second-order valence-electron chi connectivity index (χ2n) is 6.66. The van der Waals surface area contributed by atoms with Crippen molar-refractivity contribution in [1.82, 2.24) is 25.1 Å². The fourth-order valence-electron chi connectivity index (χ4n) is 3.59. The van der Waals surface area contributed by atoms with Crippen molar-refractivity contribution in [3.8, 4) is 11.3 Å². The molecular weight excluding hydrogens is 338 g/mol. The van der Waals surface area contributed by atoms with Crippen molar-refractivity contribution >= 4 is 16.8 Å². The summed E-state index contributed by atoms with van der Waals surface area (Å²) in [6.07, 6.45) is 6.07. The van der Waals surface area contributed by atoms with Crippen molar-refractivity contribution in [2.24, 2.45) is 0 Å². The Labute approximate surface area is 155 Å². The topological polar surface area (TPSA) is 74.8 Å². The van der Waals surface area contributed by atoms with Crippen LogP contribution in [0.1, 0.15) is 21.6 Å². The Kier molecular flexibility index (Phi) is 3.67. The molecule has 0 radical (unpaired) electrons. The van der Waals surface area contributed by atoms with Gasteiger partial charge in [-0.25, -0.2) is 4.98 Å². The standard InChI is InChI=1S/C21H17N5O/c27-21(26-10-7-18-15(13-26)12-23-25-18)17-11-20(14-5-8-22-9-6-14)24-19-4-2-1-3-16(17)19/h1-6,8-9,11-12H,7,10,13H2,(H,23,25). The van der Waals surface area contributed by atoms with Crippen LogP contribution in [0.3, 0.4) is 0 Å². The summed E-state index contributed by atoms with van der Waals surface area (Å²) in [6.45, 7) is 1.25. The lowest BCUT2D eigenvalue weighted by atomic mass is 10.0. The van der Waals surface area contributed by atoms with Crippen molar-refractivity contribution in [3.63, 3.8) is 0 Å². The van der Waals surface area contributed by atoms with E-state index in [0.717, 1.165) is 39.8 Å². The van der Waals surface area contributed by atoms with Crippen LogP contribution in [0, 0.1) is 0 Å². The van der Waals surface area contributed by atoms with E-state index in [-0.39, 0.29) is 5.91 Å². The zero-order valence-electron chi connectivity index (χ0n) is 14.6. The molecule has 0 aliphatic carbocycles. The molecule has 0 unspecified atom stereocenters. The van der Waals surface area contributed by atoms with E-state index in [1.807, 2.05) is 53.6 Å². The van der Waals surface area contributed by atoms with E-state index in [1.54, 1.807) is 12.4 Å². The average molecular weight is 355 g/mol. The first-order chi connectivity index (χ1) is 13.3. The summed E-state index contributed by atoms with van der Waals surface area (Å²) in [5.41, 5.74) is 5.43. The molecule has 1 aliphatic rings. The second kappa shape index (κ2) is 6.32. The molecule has 6 heteroatoms. The van der Waals surface area contributed by atoms with Crippen molar-refractivity contribution in [2.45, 2.75) is 13.0 Å². The maximum absolute atomic E-state index is 13.4. The Morgan fingerprint density at radius 3 is 2.85 bits per heavy atom. The number of aromatic amines is 1. The first-order valence-corrected chi connectivity index (χ1v) is 8.90. The number of carbonyl (C=O) groups excluding carboxylic acids is 1. The summed E-state index contributed by atoms with van der Waals surface area (Å²) in [6, 6.07) is 13.5. The molecule has 0 saturated carbocycles. The predicted molar refractivity (Wildman–Crippen MR) is 102 cm³/mol. The molecule has 1 amide bonds. The number of nitrogens with one attached hydrogen (secondary N) is 1. The summed E-state index contributed by atoms with van der Waals surface area (Å²) in [7, 11) is 0. The molecule has 1 N–H and O–H groups in total. The zero-order chi connectivity index (χ0) is 18.2. The monoisotopic (exact) mass is 355 g/mol. The van der Waals surface area contributed by atoms with Crippen molar-refractivity contribution in [1.29, 1.82) is 0 Å². The largest absolute Gasteiger partial charge is 0.334 e. The lowest BCUT2D eigenvalue weighted by Gasteiger charge is -2.27. The van der Waals surface area contributed by atoms with Crippen LogP contribution in [0.15, 0.2) is 61.1 Å². The first kappa shape index (κ1) is 15.7. The lowest BCUT2D eigenvalue weighted by Crippen LogP contribution is -2.35. The molecule has 0 atom stereocenters. The fraction of sp³-hybridized carbons (Fsp3) is 0.143. The maximum atomic E-state index is 13.4. The van der Waals surface area contributed by atoms with E-state index in [2.05, 4.69) is 15.2 Å². The Bertz CT molecular complexity index is 1140. The van der Waals surface area contributed by atoms with Crippen LogP contribution in [0.2, 0.25) is 0 Å². The predicted octanol–water partition coefficient (Wildman–Crippen LogP) is 3.22. The van der Waals surface area contributed by atoms with E-state index >= 15 is 0 Å². The van der Waals surface area contributed by atoms with Gasteiger partial charge in [0.1, 0.15) is 0 Å². The molecule has 0 bridgehead atoms. The molecule has 4 aromatic rings. The second-order valence-corrected chi connectivity index (χ2v) is 6.66. The molecule has 1 aromatic carbocycles. The summed E-state index contributed by atoms with van der Waals surface area (Å²) in [4.78, 5) is 24.1. The number of aromatic nitrogens is 4. The molecule has 0 saturated heterocycles. The molecule has 5 rings (SSSR count). The smallest absolute Gasteiger partial charge is 0.254 e. The summed E-state index contributed by atoms with van der Waals surface area (Å²) in [5, 5.41) is 7.98. The van der Waals surface area contributed by atoms with E-state index in [9.17, 15) is 4.79 Å². The van der Waals surface area contributed by atoms with Crippen molar-refractivity contribution in [3.05, 3.63) is 77.9 Å². The number of hydrogen-bond donors (Lipinski definition) is 1. The average Bonchev–Trinajstić information content (AvgIpc) is 3.21. The number of para-hydroxylation sites is 1. The quantitative estimate of drug-likeness (QED) is 0.599. The molecule has 4 heterocycles. The summed E-state index contributed by atoms with van der Waals surface area (Å²) < 4.78 is 0. The highest BCUT2D eigenvalue weighted by molar-refractivity contribution is 6.07. The first-order valence-electron chi connectivity index (χ1n) is 8.90. The third kappa shape index (κ3) is 2.75. The number of rotatable bonds is 2. The number of carbonyl (C=O) groups is 1. The minimum atomic E-state index is 0.0238. The minimum absolute atomic E-state index is 0.0238.